The highest BCUT2D eigenvalue weighted by Crippen LogP contribution is 2.20. The predicted octanol–water partition coefficient (Wildman–Crippen LogP) is 2.21. The van der Waals surface area contributed by atoms with E-state index >= 15 is 0 Å². The van der Waals surface area contributed by atoms with Gasteiger partial charge in [-0.1, -0.05) is 17.7 Å². The fourth-order valence-corrected chi connectivity index (χ4v) is 2.63. The number of rotatable bonds is 5. The van der Waals surface area contributed by atoms with Crippen LogP contribution in [0, 0.1) is 0 Å². The van der Waals surface area contributed by atoms with Crippen LogP contribution in [0.3, 0.4) is 0 Å². The van der Waals surface area contributed by atoms with Crippen LogP contribution in [0.2, 0.25) is 5.02 Å². The molecule has 0 spiro atoms. The van der Waals surface area contributed by atoms with Crippen molar-refractivity contribution in [3.8, 4) is 11.4 Å². The van der Waals surface area contributed by atoms with E-state index in [0.717, 1.165) is 11.4 Å². The third-order valence-corrected chi connectivity index (χ3v) is 3.69. The van der Waals surface area contributed by atoms with E-state index in [-0.39, 0.29) is 5.75 Å². The SMILES string of the molecule is CC[n+]1c(SCC(=O)O)n[nH]c1-c1cccc(Cl)c1. The zero-order chi connectivity index (χ0) is 13.8. The molecule has 100 valence electrons. The van der Waals surface area contributed by atoms with Gasteiger partial charge in [0.2, 0.25) is 0 Å². The molecule has 0 atom stereocenters. The molecule has 2 rings (SSSR count). The maximum atomic E-state index is 10.6. The van der Waals surface area contributed by atoms with Crippen molar-refractivity contribution in [2.24, 2.45) is 0 Å². The second kappa shape index (κ2) is 6.08. The summed E-state index contributed by atoms with van der Waals surface area (Å²) in [5.74, 6) is -0.0577. The highest BCUT2D eigenvalue weighted by Gasteiger charge is 2.21. The fraction of sp³-hybridized carbons (Fsp3) is 0.250. The first-order chi connectivity index (χ1) is 9.11. The summed E-state index contributed by atoms with van der Waals surface area (Å²) in [4.78, 5) is 10.6. The number of hydrogen-bond acceptors (Lipinski definition) is 3. The van der Waals surface area contributed by atoms with Gasteiger partial charge in [-0.05, 0) is 36.9 Å². The minimum atomic E-state index is -0.861. The molecular formula is C12H13ClN3O2S+. The Labute approximate surface area is 119 Å². The smallest absolute Gasteiger partial charge is 0.337 e. The predicted molar refractivity (Wildman–Crippen MR) is 73.3 cm³/mol. The molecule has 7 heteroatoms. The largest absolute Gasteiger partial charge is 0.481 e. The number of nitrogens with one attached hydrogen (secondary N) is 1. The van der Waals surface area contributed by atoms with E-state index in [2.05, 4.69) is 10.2 Å². The highest BCUT2D eigenvalue weighted by molar-refractivity contribution is 7.99. The van der Waals surface area contributed by atoms with Gasteiger partial charge in [-0.15, -0.1) is 5.10 Å². The van der Waals surface area contributed by atoms with Gasteiger partial charge in [0.05, 0.1) is 17.2 Å². The van der Waals surface area contributed by atoms with Crippen LogP contribution in [0.25, 0.3) is 11.4 Å². The third-order valence-electron chi connectivity index (χ3n) is 2.50. The molecule has 0 unspecified atom stereocenters. The Kier molecular flexibility index (Phi) is 4.44. The summed E-state index contributed by atoms with van der Waals surface area (Å²) in [7, 11) is 0. The average molecular weight is 299 g/mol. The Morgan fingerprint density at radius 1 is 1.58 bits per heavy atom. The number of hydrogen-bond donors (Lipinski definition) is 2. The van der Waals surface area contributed by atoms with Gasteiger partial charge in [-0.2, -0.15) is 0 Å². The molecule has 0 bridgehead atoms. The number of carboxylic acid groups (broad SMARTS) is 1. The summed E-state index contributed by atoms with van der Waals surface area (Å²) in [6.07, 6.45) is 0. The average Bonchev–Trinajstić information content (AvgIpc) is 2.79. The molecule has 0 fully saturated rings. The van der Waals surface area contributed by atoms with Crippen molar-refractivity contribution in [2.45, 2.75) is 18.6 Å². The van der Waals surface area contributed by atoms with E-state index in [9.17, 15) is 4.79 Å². The van der Waals surface area contributed by atoms with E-state index in [1.165, 1.54) is 11.8 Å². The number of carboxylic acids is 1. The van der Waals surface area contributed by atoms with Crippen LogP contribution in [0.1, 0.15) is 6.92 Å². The van der Waals surface area contributed by atoms with E-state index in [4.69, 9.17) is 16.7 Å². The van der Waals surface area contributed by atoms with Crippen LogP contribution < -0.4 is 4.57 Å². The lowest BCUT2D eigenvalue weighted by atomic mass is 10.2. The summed E-state index contributed by atoms with van der Waals surface area (Å²) in [5.41, 5.74) is 0.920. The molecule has 19 heavy (non-hydrogen) atoms. The summed E-state index contributed by atoms with van der Waals surface area (Å²) in [6.45, 7) is 2.68. The van der Waals surface area contributed by atoms with Gasteiger partial charge in [-0.3, -0.25) is 4.79 Å². The lowest BCUT2D eigenvalue weighted by molar-refractivity contribution is -0.719. The van der Waals surface area contributed by atoms with Crippen molar-refractivity contribution in [1.82, 2.24) is 10.2 Å². The quantitative estimate of drug-likeness (QED) is 0.656. The van der Waals surface area contributed by atoms with E-state index in [1.807, 2.05) is 29.7 Å². The van der Waals surface area contributed by atoms with Crippen LogP contribution >= 0.6 is 23.4 Å². The second-order valence-corrected chi connectivity index (χ2v) is 5.17. The van der Waals surface area contributed by atoms with Gasteiger partial charge in [0, 0.05) is 5.02 Å². The van der Waals surface area contributed by atoms with Crippen molar-refractivity contribution in [3.05, 3.63) is 29.3 Å². The van der Waals surface area contributed by atoms with Gasteiger partial charge in [-0.25, -0.2) is 4.57 Å². The number of nitrogens with zero attached hydrogens (tertiary/aromatic N) is 2. The molecular weight excluding hydrogens is 286 g/mol. The molecule has 0 amide bonds. The number of aromatic amines is 1. The Morgan fingerprint density at radius 3 is 3.00 bits per heavy atom. The van der Waals surface area contributed by atoms with E-state index in [0.29, 0.717) is 16.7 Å². The number of benzene rings is 1. The fourth-order valence-electron chi connectivity index (χ4n) is 1.70. The van der Waals surface area contributed by atoms with Crippen LogP contribution in [0.4, 0.5) is 0 Å². The normalized spacial score (nSPS) is 10.6. The zero-order valence-electron chi connectivity index (χ0n) is 10.3. The number of aliphatic carboxylic acids is 1. The van der Waals surface area contributed by atoms with E-state index in [1.54, 1.807) is 6.07 Å². The van der Waals surface area contributed by atoms with Crippen molar-refractivity contribution in [1.29, 1.82) is 0 Å². The molecule has 0 aliphatic heterocycles. The Balaban J connectivity index is 2.34. The number of H-pyrrole nitrogens is 1. The lowest BCUT2D eigenvalue weighted by Gasteiger charge is -2.00. The number of halogens is 1. The van der Waals surface area contributed by atoms with Gasteiger partial charge < -0.3 is 5.11 Å². The molecule has 1 aromatic carbocycles. The first-order valence-corrected chi connectivity index (χ1v) is 7.07. The second-order valence-electron chi connectivity index (χ2n) is 3.79. The van der Waals surface area contributed by atoms with Crippen LogP contribution in [0.15, 0.2) is 29.4 Å². The summed E-state index contributed by atoms with van der Waals surface area (Å²) >= 11 is 7.16. The van der Waals surface area contributed by atoms with Crippen LogP contribution in [-0.4, -0.2) is 27.0 Å². The Bertz CT molecular complexity index is 600. The van der Waals surface area contributed by atoms with Crippen molar-refractivity contribution in [2.75, 3.05) is 5.75 Å². The minimum absolute atomic E-state index is 0.0140. The monoisotopic (exact) mass is 298 g/mol. The summed E-state index contributed by atoms with van der Waals surface area (Å²) in [5, 5.41) is 17.1. The molecule has 0 radical (unpaired) electrons. The standard InChI is InChI=1S/C12H12ClN3O2S/c1-2-16-11(8-4-3-5-9(13)6-8)14-15-12(16)19-7-10(17)18/h3-6H,2,7H2,1H3,(H,17,18)/p+1. The maximum Gasteiger partial charge on any atom is 0.337 e. The van der Waals surface area contributed by atoms with Crippen LogP contribution in [0.5, 0.6) is 0 Å². The van der Waals surface area contributed by atoms with Gasteiger partial charge in [0.15, 0.2) is 0 Å². The molecule has 5 nitrogen and oxygen atoms in total. The number of carbonyl (C=O) groups is 1. The number of aromatic nitrogens is 3. The summed E-state index contributed by atoms with van der Waals surface area (Å²) < 4.78 is 1.93. The number of thioether (sulfide) groups is 1. The van der Waals surface area contributed by atoms with E-state index < -0.39 is 5.97 Å². The van der Waals surface area contributed by atoms with Crippen LogP contribution in [-0.2, 0) is 11.3 Å². The van der Waals surface area contributed by atoms with Crippen molar-refractivity contribution < 1.29 is 14.5 Å². The maximum absolute atomic E-state index is 10.6. The van der Waals surface area contributed by atoms with Gasteiger partial charge in [0.25, 0.3) is 5.82 Å². The third kappa shape index (κ3) is 3.27. The highest BCUT2D eigenvalue weighted by atomic mass is 35.5. The molecule has 2 aromatic rings. The molecule has 1 heterocycles. The summed E-state index contributed by atoms with van der Waals surface area (Å²) in [6, 6.07) is 7.43. The topological polar surface area (TPSA) is 69.9 Å². The lowest BCUT2D eigenvalue weighted by Crippen LogP contribution is -2.35. The van der Waals surface area contributed by atoms with Gasteiger partial charge >= 0.3 is 11.1 Å². The Morgan fingerprint density at radius 2 is 2.37 bits per heavy atom. The molecule has 0 saturated heterocycles. The molecule has 0 aliphatic rings. The van der Waals surface area contributed by atoms with Gasteiger partial charge in [0.1, 0.15) is 5.75 Å². The Hall–Kier alpha value is -1.53. The molecule has 0 saturated carbocycles. The van der Waals surface area contributed by atoms with Crippen molar-refractivity contribution >= 4 is 29.3 Å². The van der Waals surface area contributed by atoms with Crippen molar-refractivity contribution in [3.63, 3.8) is 0 Å². The first-order valence-electron chi connectivity index (χ1n) is 5.70. The minimum Gasteiger partial charge on any atom is -0.481 e. The zero-order valence-corrected chi connectivity index (χ0v) is 11.8. The molecule has 0 aliphatic carbocycles. The molecule has 1 aromatic heterocycles. The molecule has 2 N–H and O–H groups in total. The first kappa shape index (κ1) is 13.9.